The molecule has 2 rings (SSSR count). The molecule has 0 radical (unpaired) electrons. The zero-order valence-corrected chi connectivity index (χ0v) is 12.1. The van der Waals surface area contributed by atoms with Gasteiger partial charge in [0.05, 0.1) is 6.54 Å². The first kappa shape index (κ1) is 15.3. The van der Waals surface area contributed by atoms with Crippen molar-refractivity contribution in [1.82, 2.24) is 10.6 Å². The third-order valence-electron chi connectivity index (χ3n) is 3.62. The highest BCUT2D eigenvalue weighted by atomic mass is 16.5. The number of nitrogens with one attached hydrogen (secondary N) is 2. The number of carbonyl (C=O) groups excluding carboxylic acids is 2. The van der Waals surface area contributed by atoms with Crippen LogP contribution in [-0.4, -0.2) is 37.1 Å². The third kappa shape index (κ3) is 4.46. The van der Waals surface area contributed by atoms with Gasteiger partial charge in [-0.25, -0.2) is 0 Å². The van der Waals surface area contributed by atoms with E-state index < -0.39 is 0 Å². The molecule has 0 bridgehead atoms. The van der Waals surface area contributed by atoms with Gasteiger partial charge in [0, 0.05) is 30.0 Å². The topological polar surface area (TPSA) is 93.5 Å². The summed E-state index contributed by atoms with van der Waals surface area (Å²) < 4.78 is 5.28. The molecule has 1 aliphatic rings. The Labute approximate surface area is 124 Å². The van der Waals surface area contributed by atoms with Crippen LogP contribution in [0.4, 0.5) is 5.69 Å². The van der Waals surface area contributed by atoms with Crippen molar-refractivity contribution < 1.29 is 14.3 Å². The van der Waals surface area contributed by atoms with Gasteiger partial charge in [0.2, 0.25) is 5.91 Å². The number of hydrogen-bond acceptors (Lipinski definition) is 4. The second-order valence-corrected chi connectivity index (χ2v) is 5.53. The summed E-state index contributed by atoms with van der Waals surface area (Å²) in [5, 5.41) is 5.56. The summed E-state index contributed by atoms with van der Waals surface area (Å²) >= 11 is 0. The van der Waals surface area contributed by atoms with E-state index in [2.05, 4.69) is 10.6 Å². The van der Waals surface area contributed by atoms with Gasteiger partial charge in [-0.1, -0.05) is 0 Å². The van der Waals surface area contributed by atoms with Crippen LogP contribution in [0.5, 0.6) is 0 Å². The van der Waals surface area contributed by atoms with E-state index in [1.807, 2.05) is 6.92 Å². The molecule has 6 heteroatoms. The van der Waals surface area contributed by atoms with Crippen molar-refractivity contribution in [1.29, 1.82) is 0 Å². The average Bonchev–Trinajstić information content (AvgIpc) is 2.46. The van der Waals surface area contributed by atoms with Crippen molar-refractivity contribution in [3.63, 3.8) is 0 Å². The zero-order valence-electron chi connectivity index (χ0n) is 12.1. The van der Waals surface area contributed by atoms with Crippen LogP contribution in [-0.2, 0) is 9.53 Å². The standard InChI is InChI=1S/C15H21N3O3/c1-15(6-8-21-9-7-15)18-13(19)10-17-14(20)11-2-4-12(16)5-3-11/h2-5H,6-10,16H2,1H3,(H,17,20)(H,18,19). The van der Waals surface area contributed by atoms with Gasteiger partial charge in [-0.05, 0) is 44.0 Å². The van der Waals surface area contributed by atoms with Crippen molar-refractivity contribution in [2.24, 2.45) is 0 Å². The Morgan fingerprint density at radius 1 is 1.24 bits per heavy atom. The number of amides is 2. The van der Waals surface area contributed by atoms with Crippen LogP contribution in [0.2, 0.25) is 0 Å². The molecule has 1 heterocycles. The lowest BCUT2D eigenvalue weighted by molar-refractivity contribution is -0.123. The first-order chi connectivity index (χ1) is 9.98. The average molecular weight is 291 g/mol. The van der Waals surface area contributed by atoms with Crippen LogP contribution in [0.1, 0.15) is 30.1 Å². The summed E-state index contributed by atoms with van der Waals surface area (Å²) in [6.07, 6.45) is 1.56. The number of nitrogen functional groups attached to an aromatic ring is 1. The first-order valence-electron chi connectivity index (χ1n) is 7.01. The Balaban J connectivity index is 1.80. The molecular weight excluding hydrogens is 270 g/mol. The Hall–Kier alpha value is -2.08. The second kappa shape index (κ2) is 6.58. The van der Waals surface area contributed by atoms with E-state index in [4.69, 9.17) is 10.5 Å². The maximum absolute atomic E-state index is 11.9. The van der Waals surface area contributed by atoms with Crippen molar-refractivity contribution >= 4 is 17.5 Å². The minimum Gasteiger partial charge on any atom is -0.399 e. The lowest BCUT2D eigenvalue weighted by Crippen LogP contribution is -2.52. The molecule has 114 valence electrons. The Kier molecular flexibility index (Phi) is 4.80. The largest absolute Gasteiger partial charge is 0.399 e. The second-order valence-electron chi connectivity index (χ2n) is 5.53. The molecule has 0 atom stereocenters. The molecule has 21 heavy (non-hydrogen) atoms. The minimum atomic E-state index is -0.290. The predicted molar refractivity (Wildman–Crippen MR) is 79.8 cm³/mol. The number of benzene rings is 1. The zero-order chi connectivity index (χ0) is 15.3. The molecule has 2 amide bonds. The van der Waals surface area contributed by atoms with Crippen LogP contribution in [0, 0.1) is 0 Å². The van der Waals surface area contributed by atoms with E-state index in [-0.39, 0.29) is 23.9 Å². The van der Waals surface area contributed by atoms with Gasteiger partial charge in [-0.3, -0.25) is 9.59 Å². The molecule has 1 aliphatic heterocycles. The van der Waals surface area contributed by atoms with Gasteiger partial charge in [0.25, 0.3) is 5.91 Å². The number of nitrogens with two attached hydrogens (primary N) is 1. The monoisotopic (exact) mass is 291 g/mol. The molecule has 1 aromatic carbocycles. The molecule has 4 N–H and O–H groups in total. The van der Waals surface area contributed by atoms with E-state index in [0.717, 1.165) is 12.8 Å². The highest BCUT2D eigenvalue weighted by Gasteiger charge is 2.28. The SMILES string of the molecule is CC1(NC(=O)CNC(=O)c2ccc(N)cc2)CCOCC1. The van der Waals surface area contributed by atoms with E-state index in [9.17, 15) is 9.59 Å². The molecule has 0 aliphatic carbocycles. The van der Waals surface area contributed by atoms with Crippen molar-refractivity contribution in [2.75, 3.05) is 25.5 Å². The fourth-order valence-corrected chi connectivity index (χ4v) is 2.22. The van der Waals surface area contributed by atoms with Crippen molar-refractivity contribution in [3.8, 4) is 0 Å². The highest BCUT2D eigenvalue weighted by molar-refractivity contribution is 5.96. The molecule has 6 nitrogen and oxygen atoms in total. The molecular formula is C15H21N3O3. The summed E-state index contributed by atoms with van der Waals surface area (Å²) in [6, 6.07) is 6.56. The number of anilines is 1. The maximum atomic E-state index is 11.9. The van der Waals surface area contributed by atoms with E-state index in [0.29, 0.717) is 24.5 Å². The molecule has 1 aromatic rings. The summed E-state index contributed by atoms with van der Waals surface area (Å²) in [6.45, 7) is 3.25. The van der Waals surface area contributed by atoms with Crippen LogP contribution in [0.15, 0.2) is 24.3 Å². The molecule has 0 aromatic heterocycles. The van der Waals surface area contributed by atoms with Crippen molar-refractivity contribution in [3.05, 3.63) is 29.8 Å². The van der Waals surface area contributed by atoms with Crippen LogP contribution >= 0.6 is 0 Å². The van der Waals surface area contributed by atoms with Crippen LogP contribution < -0.4 is 16.4 Å². The normalized spacial score (nSPS) is 17.0. The molecule has 0 saturated carbocycles. The molecule has 1 fully saturated rings. The Bertz CT molecular complexity index is 507. The third-order valence-corrected chi connectivity index (χ3v) is 3.62. The molecule has 0 spiro atoms. The number of carbonyl (C=O) groups is 2. The van der Waals surface area contributed by atoms with Gasteiger partial charge < -0.3 is 21.1 Å². The summed E-state index contributed by atoms with van der Waals surface area (Å²) in [5.74, 6) is -0.481. The van der Waals surface area contributed by atoms with Crippen LogP contribution in [0.25, 0.3) is 0 Å². The first-order valence-corrected chi connectivity index (χ1v) is 7.01. The lowest BCUT2D eigenvalue weighted by Gasteiger charge is -2.34. The van der Waals surface area contributed by atoms with Crippen LogP contribution in [0.3, 0.4) is 0 Å². The van der Waals surface area contributed by atoms with Gasteiger partial charge in [-0.15, -0.1) is 0 Å². The summed E-state index contributed by atoms with van der Waals surface area (Å²) in [7, 11) is 0. The summed E-state index contributed by atoms with van der Waals surface area (Å²) in [4.78, 5) is 23.8. The number of rotatable bonds is 4. The van der Waals surface area contributed by atoms with E-state index in [1.54, 1.807) is 24.3 Å². The van der Waals surface area contributed by atoms with Gasteiger partial charge in [0.15, 0.2) is 0 Å². The van der Waals surface area contributed by atoms with Crippen molar-refractivity contribution in [2.45, 2.75) is 25.3 Å². The molecule has 0 unspecified atom stereocenters. The predicted octanol–water partition coefficient (Wildman–Crippen LogP) is 0.684. The highest BCUT2D eigenvalue weighted by Crippen LogP contribution is 2.19. The fourth-order valence-electron chi connectivity index (χ4n) is 2.22. The Morgan fingerprint density at radius 2 is 1.86 bits per heavy atom. The van der Waals surface area contributed by atoms with E-state index in [1.165, 1.54) is 0 Å². The lowest BCUT2D eigenvalue weighted by atomic mass is 9.92. The number of ether oxygens (including phenoxy) is 1. The maximum Gasteiger partial charge on any atom is 0.251 e. The van der Waals surface area contributed by atoms with E-state index >= 15 is 0 Å². The fraction of sp³-hybridized carbons (Fsp3) is 0.467. The number of hydrogen-bond donors (Lipinski definition) is 3. The smallest absolute Gasteiger partial charge is 0.251 e. The van der Waals surface area contributed by atoms with Gasteiger partial charge in [0.1, 0.15) is 0 Å². The van der Waals surface area contributed by atoms with Gasteiger partial charge >= 0.3 is 0 Å². The van der Waals surface area contributed by atoms with Gasteiger partial charge in [-0.2, -0.15) is 0 Å². The molecule has 1 saturated heterocycles. The minimum absolute atomic E-state index is 0.0420. The Morgan fingerprint density at radius 3 is 2.48 bits per heavy atom. The summed E-state index contributed by atoms with van der Waals surface area (Å²) in [5.41, 5.74) is 6.39. The quantitative estimate of drug-likeness (QED) is 0.711.